The number of thioether (sulfide) groups is 1. The number of halogens is 1. The Morgan fingerprint density at radius 3 is 3.00 bits per heavy atom. The van der Waals surface area contributed by atoms with Crippen molar-refractivity contribution in [2.45, 2.75) is 13.0 Å². The van der Waals surface area contributed by atoms with Gasteiger partial charge in [0.1, 0.15) is 10.3 Å². The molecule has 0 fully saturated rings. The molecule has 1 unspecified atom stereocenters. The first-order chi connectivity index (χ1) is 7.07. The summed E-state index contributed by atoms with van der Waals surface area (Å²) in [4.78, 5) is 20.0. The van der Waals surface area contributed by atoms with Gasteiger partial charge in [-0.05, 0) is 29.1 Å². The highest BCUT2D eigenvalue weighted by Gasteiger charge is 2.15. The van der Waals surface area contributed by atoms with Crippen LogP contribution in [-0.2, 0) is 0 Å². The van der Waals surface area contributed by atoms with Gasteiger partial charge < -0.3 is 9.88 Å². The van der Waals surface area contributed by atoms with Crippen molar-refractivity contribution in [1.29, 1.82) is 0 Å². The van der Waals surface area contributed by atoms with E-state index in [4.69, 9.17) is 0 Å². The Labute approximate surface area is 102 Å². The molecule has 1 rings (SSSR count). The van der Waals surface area contributed by atoms with Crippen molar-refractivity contribution >= 4 is 33.5 Å². The quantitative estimate of drug-likeness (QED) is 0.918. The Kier molecular flexibility index (Phi) is 4.66. The average molecular weight is 292 g/mol. The molecule has 0 saturated heterocycles. The number of anilines is 1. The Balaban J connectivity index is 2.95. The number of H-pyrrole nitrogens is 1. The molecule has 0 aliphatic carbocycles. The fraction of sp³-hybridized carbons (Fsp3) is 0.556. The van der Waals surface area contributed by atoms with Crippen molar-refractivity contribution < 1.29 is 0 Å². The molecule has 1 N–H and O–H groups in total. The zero-order valence-electron chi connectivity index (χ0n) is 8.95. The first-order valence-corrected chi connectivity index (χ1v) is 6.71. The summed E-state index contributed by atoms with van der Waals surface area (Å²) in [5, 5.41) is 0. The van der Waals surface area contributed by atoms with E-state index in [0.29, 0.717) is 16.3 Å². The standard InChI is InChI=1S/C9H14BrN3OS/c1-6(4-15-3)13(2)8-7(10)9(14)12-5-11-8/h5-6H,4H2,1-3H3,(H,11,12,14). The summed E-state index contributed by atoms with van der Waals surface area (Å²) in [6, 6.07) is 0.339. The van der Waals surface area contributed by atoms with Crippen molar-refractivity contribution in [3.05, 3.63) is 21.2 Å². The highest BCUT2D eigenvalue weighted by atomic mass is 79.9. The number of hydrogen-bond donors (Lipinski definition) is 1. The fourth-order valence-corrected chi connectivity index (χ4v) is 2.38. The lowest BCUT2D eigenvalue weighted by Crippen LogP contribution is -2.33. The first kappa shape index (κ1) is 12.6. The molecule has 84 valence electrons. The van der Waals surface area contributed by atoms with Crippen LogP contribution >= 0.6 is 27.7 Å². The summed E-state index contributed by atoms with van der Waals surface area (Å²) in [7, 11) is 1.94. The van der Waals surface area contributed by atoms with Gasteiger partial charge in [-0.1, -0.05) is 0 Å². The van der Waals surface area contributed by atoms with Crippen LogP contribution in [-0.4, -0.2) is 35.1 Å². The second-order valence-electron chi connectivity index (χ2n) is 3.28. The molecule has 0 aliphatic heterocycles. The molecule has 1 aromatic heterocycles. The Hall–Kier alpha value is -0.490. The van der Waals surface area contributed by atoms with E-state index in [9.17, 15) is 4.79 Å². The van der Waals surface area contributed by atoms with Crippen molar-refractivity contribution in [2.75, 3.05) is 24.0 Å². The maximum Gasteiger partial charge on any atom is 0.267 e. The molecule has 1 aromatic rings. The van der Waals surface area contributed by atoms with Gasteiger partial charge in [-0.25, -0.2) is 4.98 Å². The molecule has 1 atom stereocenters. The maximum atomic E-state index is 11.4. The second kappa shape index (κ2) is 5.55. The summed E-state index contributed by atoms with van der Waals surface area (Å²) in [5.74, 6) is 1.68. The number of aromatic amines is 1. The van der Waals surface area contributed by atoms with Crippen LogP contribution in [0.3, 0.4) is 0 Å². The Morgan fingerprint density at radius 1 is 1.73 bits per heavy atom. The van der Waals surface area contributed by atoms with Gasteiger partial charge in [0.2, 0.25) is 0 Å². The largest absolute Gasteiger partial charge is 0.355 e. The third-order valence-corrected chi connectivity index (χ3v) is 3.71. The molecule has 0 bridgehead atoms. The summed E-state index contributed by atoms with van der Waals surface area (Å²) < 4.78 is 0.487. The molecule has 6 heteroatoms. The third-order valence-electron chi connectivity index (χ3n) is 2.18. The van der Waals surface area contributed by atoms with Gasteiger partial charge in [0, 0.05) is 18.8 Å². The molecule has 0 saturated carbocycles. The topological polar surface area (TPSA) is 49.0 Å². The van der Waals surface area contributed by atoms with E-state index in [2.05, 4.69) is 39.1 Å². The average Bonchev–Trinajstić information content (AvgIpc) is 2.21. The van der Waals surface area contributed by atoms with E-state index in [0.717, 1.165) is 5.75 Å². The summed E-state index contributed by atoms with van der Waals surface area (Å²) in [5.41, 5.74) is -0.150. The van der Waals surface area contributed by atoms with Gasteiger partial charge in [-0.15, -0.1) is 0 Å². The van der Waals surface area contributed by atoms with Crippen LogP contribution in [0.5, 0.6) is 0 Å². The minimum Gasteiger partial charge on any atom is -0.355 e. The number of rotatable bonds is 4. The van der Waals surface area contributed by atoms with E-state index in [-0.39, 0.29) is 5.56 Å². The molecular formula is C9H14BrN3OS. The number of nitrogens with one attached hydrogen (secondary N) is 1. The van der Waals surface area contributed by atoms with Crippen LogP contribution in [0.2, 0.25) is 0 Å². The van der Waals surface area contributed by atoms with Crippen LogP contribution in [0.4, 0.5) is 5.82 Å². The Morgan fingerprint density at radius 2 is 2.40 bits per heavy atom. The lowest BCUT2D eigenvalue weighted by molar-refractivity contribution is 0.747. The van der Waals surface area contributed by atoms with Crippen molar-refractivity contribution in [2.24, 2.45) is 0 Å². The van der Waals surface area contributed by atoms with E-state index in [1.807, 2.05) is 11.9 Å². The van der Waals surface area contributed by atoms with Crippen LogP contribution in [0.25, 0.3) is 0 Å². The molecule has 0 aromatic carbocycles. The van der Waals surface area contributed by atoms with Gasteiger partial charge in [0.25, 0.3) is 5.56 Å². The van der Waals surface area contributed by atoms with Gasteiger partial charge in [-0.3, -0.25) is 4.79 Å². The Bertz CT molecular complexity index is 382. The molecule has 4 nitrogen and oxygen atoms in total. The van der Waals surface area contributed by atoms with Crippen molar-refractivity contribution in [3.63, 3.8) is 0 Å². The minimum atomic E-state index is -0.150. The zero-order valence-corrected chi connectivity index (χ0v) is 11.4. The zero-order chi connectivity index (χ0) is 11.4. The van der Waals surface area contributed by atoms with Crippen molar-refractivity contribution in [3.8, 4) is 0 Å². The monoisotopic (exact) mass is 291 g/mol. The van der Waals surface area contributed by atoms with Gasteiger partial charge in [-0.2, -0.15) is 11.8 Å². The van der Waals surface area contributed by atoms with Crippen molar-refractivity contribution in [1.82, 2.24) is 9.97 Å². The number of aromatic nitrogens is 2. The van der Waals surface area contributed by atoms with Crippen LogP contribution in [0.1, 0.15) is 6.92 Å². The predicted octanol–water partition coefficient (Wildman–Crippen LogP) is 1.72. The highest BCUT2D eigenvalue weighted by Crippen LogP contribution is 2.20. The van der Waals surface area contributed by atoms with E-state index in [1.165, 1.54) is 6.33 Å². The SMILES string of the molecule is CSCC(C)N(C)c1nc[nH]c(=O)c1Br. The minimum absolute atomic E-state index is 0.150. The summed E-state index contributed by atoms with van der Waals surface area (Å²) >= 11 is 5.02. The fourth-order valence-electron chi connectivity index (χ4n) is 1.18. The molecule has 1 heterocycles. The highest BCUT2D eigenvalue weighted by molar-refractivity contribution is 9.10. The van der Waals surface area contributed by atoms with E-state index >= 15 is 0 Å². The molecule has 0 amide bonds. The maximum absolute atomic E-state index is 11.4. The molecule has 0 aliphatic rings. The van der Waals surface area contributed by atoms with Crippen LogP contribution < -0.4 is 10.5 Å². The lowest BCUT2D eigenvalue weighted by atomic mass is 10.3. The normalized spacial score (nSPS) is 12.5. The van der Waals surface area contributed by atoms with Crippen LogP contribution in [0.15, 0.2) is 15.6 Å². The smallest absolute Gasteiger partial charge is 0.267 e. The number of nitrogens with zero attached hydrogens (tertiary/aromatic N) is 2. The van der Waals surface area contributed by atoms with E-state index < -0.39 is 0 Å². The molecular weight excluding hydrogens is 278 g/mol. The third kappa shape index (κ3) is 2.98. The predicted molar refractivity (Wildman–Crippen MR) is 68.8 cm³/mol. The first-order valence-electron chi connectivity index (χ1n) is 4.53. The van der Waals surface area contributed by atoms with Gasteiger partial charge in [0.15, 0.2) is 0 Å². The van der Waals surface area contributed by atoms with Crippen LogP contribution in [0, 0.1) is 0 Å². The second-order valence-corrected chi connectivity index (χ2v) is 4.99. The van der Waals surface area contributed by atoms with Gasteiger partial charge >= 0.3 is 0 Å². The summed E-state index contributed by atoms with van der Waals surface area (Å²) in [6.45, 7) is 2.10. The molecule has 15 heavy (non-hydrogen) atoms. The molecule has 0 radical (unpaired) electrons. The lowest BCUT2D eigenvalue weighted by Gasteiger charge is -2.25. The molecule has 0 spiro atoms. The number of hydrogen-bond acceptors (Lipinski definition) is 4. The van der Waals surface area contributed by atoms with Gasteiger partial charge in [0.05, 0.1) is 6.33 Å². The van der Waals surface area contributed by atoms with E-state index in [1.54, 1.807) is 11.8 Å². The summed E-state index contributed by atoms with van der Waals surface area (Å²) in [6.07, 6.45) is 3.48.